The number of aliphatic hydroxyl groups excluding tert-OH is 1. The molecule has 1 saturated heterocycles. The number of nitrogens with zero attached hydrogens (tertiary/aromatic N) is 1. The van der Waals surface area contributed by atoms with E-state index in [9.17, 15) is 0 Å². The summed E-state index contributed by atoms with van der Waals surface area (Å²) in [6.07, 6.45) is 0. The molecule has 0 amide bonds. The van der Waals surface area contributed by atoms with Crippen molar-refractivity contribution in [3.8, 4) is 5.75 Å². The molecule has 0 saturated carbocycles. The number of ether oxygens (including phenoxy) is 2. The van der Waals surface area contributed by atoms with Crippen molar-refractivity contribution in [1.29, 1.82) is 0 Å². The van der Waals surface area contributed by atoms with Crippen LogP contribution in [0.3, 0.4) is 0 Å². The lowest BCUT2D eigenvalue weighted by Gasteiger charge is -2.26. The molecule has 1 fully saturated rings. The molecule has 0 bridgehead atoms. The first-order chi connectivity index (χ1) is 8.38. The van der Waals surface area contributed by atoms with E-state index in [0.29, 0.717) is 6.61 Å². The highest BCUT2D eigenvalue weighted by molar-refractivity contribution is 5.27. The molecule has 17 heavy (non-hydrogen) atoms. The van der Waals surface area contributed by atoms with Gasteiger partial charge in [0.05, 0.1) is 19.8 Å². The molecule has 4 nitrogen and oxygen atoms in total. The molecule has 4 heteroatoms. The molecule has 0 aliphatic carbocycles. The van der Waals surface area contributed by atoms with E-state index in [-0.39, 0.29) is 6.61 Å². The molecule has 94 valence electrons. The Bertz CT molecular complexity index is 337. The van der Waals surface area contributed by atoms with Crippen molar-refractivity contribution in [2.75, 3.05) is 39.5 Å². The molecular weight excluding hydrogens is 218 g/mol. The summed E-state index contributed by atoms with van der Waals surface area (Å²) in [6, 6.07) is 7.57. The summed E-state index contributed by atoms with van der Waals surface area (Å²) in [4.78, 5) is 2.33. The summed E-state index contributed by atoms with van der Waals surface area (Å²) in [5, 5.41) is 9.01. The maximum atomic E-state index is 9.01. The number of hydrogen-bond acceptors (Lipinski definition) is 4. The van der Waals surface area contributed by atoms with E-state index in [1.807, 2.05) is 24.3 Å². The van der Waals surface area contributed by atoms with E-state index < -0.39 is 0 Å². The first-order valence-corrected chi connectivity index (χ1v) is 6.01. The van der Waals surface area contributed by atoms with Gasteiger partial charge in [-0.25, -0.2) is 0 Å². The van der Waals surface area contributed by atoms with Gasteiger partial charge in [0.25, 0.3) is 0 Å². The van der Waals surface area contributed by atoms with Gasteiger partial charge in [-0.05, 0) is 17.7 Å². The molecule has 2 rings (SSSR count). The minimum absolute atomic E-state index is 0.0562. The zero-order valence-electron chi connectivity index (χ0n) is 9.97. The fraction of sp³-hybridized carbons (Fsp3) is 0.538. The summed E-state index contributed by atoms with van der Waals surface area (Å²) in [5.74, 6) is 0.824. The van der Waals surface area contributed by atoms with Crippen LogP contribution in [-0.4, -0.2) is 49.5 Å². The maximum Gasteiger partial charge on any atom is 0.119 e. The normalized spacial score (nSPS) is 17.0. The molecule has 0 radical (unpaired) electrons. The van der Waals surface area contributed by atoms with E-state index in [1.54, 1.807) is 0 Å². The quantitative estimate of drug-likeness (QED) is 0.826. The standard InChI is InChI=1S/C13H19NO3/c15-11-12-2-1-3-13(10-12)17-9-6-14-4-7-16-8-5-14/h1-3,10,15H,4-9,11H2. The summed E-state index contributed by atoms with van der Waals surface area (Å²) in [6.45, 7) is 5.27. The zero-order chi connectivity index (χ0) is 11.9. The third-order valence-electron chi connectivity index (χ3n) is 2.86. The summed E-state index contributed by atoms with van der Waals surface area (Å²) >= 11 is 0. The highest BCUT2D eigenvalue weighted by Crippen LogP contribution is 2.13. The van der Waals surface area contributed by atoms with Crippen LogP contribution in [0, 0.1) is 0 Å². The van der Waals surface area contributed by atoms with Crippen molar-refractivity contribution >= 4 is 0 Å². The van der Waals surface area contributed by atoms with Crippen LogP contribution in [0.2, 0.25) is 0 Å². The van der Waals surface area contributed by atoms with E-state index in [4.69, 9.17) is 14.6 Å². The highest BCUT2D eigenvalue weighted by Gasteiger charge is 2.09. The first kappa shape index (κ1) is 12.4. The molecule has 1 heterocycles. The molecule has 1 aromatic rings. The lowest BCUT2D eigenvalue weighted by Crippen LogP contribution is -2.38. The van der Waals surface area contributed by atoms with Gasteiger partial charge in [-0.2, -0.15) is 0 Å². The third kappa shape index (κ3) is 4.00. The molecule has 1 N–H and O–H groups in total. The van der Waals surface area contributed by atoms with Crippen molar-refractivity contribution in [3.05, 3.63) is 29.8 Å². The van der Waals surface area contributed by atoms with Crippen molar-refractivity contribution in [1.82, 2.24) is 4.90 Å². The van der Waals surface area contributed by atoms with Crippen molar-refractivity contribution in [2.45, 2.75) is 6.61 Å². The number of hydrogen-bond donors (Lipinski definition) is 1. The van der Waals surface area contributed by atoms with Crippen LogP contribution in [-0.2, 0) is 11.3 Å². The van der Waals surface area contributed by atoms with Crippen molar-refractivity contribution in [3.63, 3.8) is 0 Å². The van der Waals surface area contributed by atoms with Gasteiger partial charge in [-0.15, -0.1) is 0 Å². The predicted octanol–water partition coefficient (Wildman–Crippen LogP) is 0.890. The monoisotopic (exact) mass is 237 g/mol. The predicted molar refractivity (Wildman–Crippen MR) is 65.1 cm³/mol. The lowest BCUT2D eigenvalue weighted by molar-refractivity contribution is 0.0322. The van der Waals surface area contributed by atoms with Crippen molar-refractivity contribution < 1.29 is 14.6 Å². The average Bonchev–Trinajstić information content (AvgIpc) is 2.40. The van der Waals surface area contributed by atoms with Crippen molar-refractivity contribution in [2.24, 2.45) is 0 Å². The molecular formula is C13H19NO3. The SMILES string of the molecule is OCc1cccc(OCCN2CCOCC2)c1. The second kappa shape index (κ2) is 6.59. The molecule has 1 aliphatic rings. The molecule has 0 spiro atoms. The molecule has 0 aromatic heterocycles. The number of morpholine rings is 1. The Balaban J connectivity index is 1.73. The third-order valence-corrected chi connectivity index (χ3v) is 2.86. The summed E-state index contributed by atoms with van der Waals surface area (Å²) < 4.78 is 10.9. The van der Waals surface area contributed by atoms with Gasteiger partial charge in [0.15, 0.2) is 0 Å². The fourth-order valence-corrected chi connectivity index (χ4v) is 1.85. The first-order valence-electron chi connectivity index (χ1n) is 6.01. The topological polar surface area (TPSA) is 41.9 Å². The van der Waals surface area contributed by atoms with Crippen LogP contribution in [0.15, 0.2) is 24.3 Å². The van der Waals surface area contributed by atoms with Gasteiger partial charge in [-0.3, -0.25) is 4.90 Å². The minimum atomic E-state index is 0.0562. The van der Waals surface area contributed by atoms with E-state index >= 15 is 0 Å². The van der Waals surface area contributed by atoms with Crippen LogP contribution in [0.25, 0.3) is 0 Å². The van der Waals surface area contributed by atoms with Gasteiger partial charge >= 0.3 is 0 Å². The number of rotatable bonds is 5. The number of benzene rings is 1. The molecule has 1 aliphatic heterocycles. The van der Waals surface area contributed by atoms with Crippen LogP contribution in [0.5, 0.6) is 5.75 Å². The molecule has 0 atom stereocenters. The Morgan fingerprint density at radius 3 is 2.88 bits per heavy atom. The smallest absolute Gasteiger partial charge is 0.119 e. The minimum Gasteiger partial charge on any atom is -0.492 e. The Labute approximate surface area is 102 Å². The Morgan fingerprint density at radius 1 is 1.29 bits per heavy atom. The van der Waals surface area contributed by atoms with E-state index in [1.165, 1.54) is 0 Å². The van der Waals surface area contributed by atoms with Crippen LogP contribution in [0.4, 0.5) is 0 Å². The molecule has 0 unspecified atom stereocenters. The summed E-state index contributed by atoms with van der Waals surface area (Å²) in [7, 11) is 0. The van der Waals surface area contributed by atoms with E-state index in [2.05, 4.69) is 4.90 Å². The lowest BCUT2D eigenvalue weighted by atomic mass is 10.2. The van der Waals surface area contributed by atoms with Gasteiger partial charge < -0.3 is 14.6 Å². The number of aliphatic hydroxyl groups is 1. The fourth-order valence-electron chi connectivity index (χ4n) is 1.85. The molecule has 1 aromatic carbocycles. The van der Waals surface area contributed by atoms with Gasteiger partial charge in [-0.1, -0.05) is 12.1 Å². The van der Waals surface area contributed by atoms with Gasteiger partial charge in [0.1, 0.15) is 12.4 Å². The highest BCUT2D eigenvalue weighted by atomic mass is 16.5. The second-order valence-electron chi connectivity index (χ2n) is 4.11. The Hall–Kier alpha value is -1.10. The largest absolute Gasteiger partial charge is 0.492 e. The van der Waals surface area contributed by atoms with Gasteiger partial charge in [0, 0.05) is 19.6 Å². The average molecular weight is 237 g/mol. The summed E-state index contributed by atoms with van der Waals surface area (Å²) in [5.41, 5.74) is 0.883. The van der Waals surface area contributed by atoms with Gasteiger partial charge in [0.2, 0.25) is 0 Å². The van der Waals surface area contributed by atoms with Crippen LogP contribution in [0.1, 0.15) is 5.56 Å². The maximum absolute atomic E-state index is 9.01. The van der Waals surface area contributed by atoms with Crippen LogP contribution >= 0.6 is 0 Å². The van der Waals surface area contributed by atoms with E-state index in [0.717, 1.165) is 44.2 Å². The Kier molecular flexibility index (Phi) is 4.79. The Morgan fingerprint density at radius 2 is 2.12 bits per heavy atom. The zero-order valence-corrected chi connectivity index (χ0v) is 9.97. The van der Waals surface area contributed by atoms with Crippen LogP contribution < -0.4 is 4.74 Å². The second-order valence-corrected chi connectivity index (χ2v) is 4.11.